The fourth-order valence-corrected chi connectivity index (χ4v) is 3.08. The zero-order valence-corrected chi connectivity index (χ0v) is 11.3. The molecule has 1 aromatic carbocycles. The number of hydrogen-bond acceptors (Lipinski definition) is 2. The Kier molecular flexibility index (Phi) is 2.82. The molecule has 4 heteroatoms. The molecule has 2 N–H and O–H groups in total. The maximum absolute atomic E-state index is 11.5. The number of benzene rings is 1. The quantitative estimate of drug-likeness (QED) is 0.840. The van der Waals surface area contributed by atoms with Crippen molar-refractivity contribution in [2.45, 2.75) is 18.9 Å². The highest BCUT2D eigenvalue weighted by atomic mass is 16.2. The van der Waals surface area contributed by atoms with Crippen LogP contribution < -0.4 is 5.73 Å². The van der Waals surface area contributed by atoms with Crippen molar-refractivity contribution in [3.05, 3.63) is 36.0 Å². The van der Waals surface area contributed by atoms with Crippen molar-refractivity contribution in [2.24, 2.45) is 12.8 Å². The summed E-state index contributed by atoms with van der Waals surface area (Å²) in [6.07, 6.45) is 2.15. The van der Waals surface area contributed by atoms with Crippen LogP contribution in [0.15, 0.2) is 30.5 Å². The Morgan fingerprint density at radius 3 is 2.74 bits per heavy atom. The van der Waals surface area contributed by atoms with E-state index in [4.69, 9.17) is 5.73 Å². The van der Waals surface area contributed by atoms with E-state index in [9.17, 15) is 4.79 Å². The van der Waals surface area contributed by atoms with E-state index < -0.39 is 0 Å². The molecular formula is C15H19N3O. The predicted molar refractivity (Wildman–Crippen MR) is 75.9 cm³/mol. The van der Waals surface area contributed by atoms with Gasteiger partial charge in [0.2, 0.25) is 5.91 Å². The highest BCUT2D eigenvalue weighted by molar-refractivity contribution is 5.85. The van der Waals surface area contributed by atoms with Gasteiger partial charge in [-0.05, 0) is 11.6 Å². The predicted octanol–water partition coefficient (Wildman–Crippen LogP) is 1.45. The van der Waals surface area contributed by atoms with Gasteiger partial charge in [-0.3, -0.25) is 4.79 Å². The lowest BCUT2D eigenvalue weighted by Crippen LogP contribution is -2.30. The lowest BCUT2D eigenvalue weighted by Gasteiger charge is -2.13. The second-order valence-corrected chi connectivity index (χ2v) is 5.41. The number of carbonyl (C=O) groups excluding carboxylic acids is 1. The molecule has 19 heavy (non-hydrogen) atoms. The average molecular weight is 257 g/mol. The van der Waals surface area contributed by atoms with E-state index in [2.05, 4.69) is 36.0 Å². The van der Waals surface area contributed by atoms with Crippen molar-refractivity contribution >= 4 is 16.8 Å². The molecule has 2 aromatic rings. The molecule has 0 radical (unpaired) electrons. The third kappa shape index (κ3) is 1.92. The van der Waals surface area contributed by atoms with Gasteiger partial charge in [0.15, 0.2) is 0 Å². The second-order valence-electron chi connectivity index (χ2n) is 5.41. The summed E-state index contributed by atoms with van der Waals surface area (Å²) < 4.78 is 2.13. The Hall–Kier alpha value is -1.81. The first-order valence-electron chi connectivity index (χ1n) is 6.63. The number of likely N-dealkylation sites (tertiary alicyclic amines) is 1. The monoisotopic (exact) mass is 257 g/mol. The minimum absolute atomic E-state index is 0.0229. The summed E-state index contributed by atoms with van der Waals surface area (Å²) in [6.45, 7) is 2.99. The molecular weight excluding hydrogens is 238 g/mol. The van der Waals surface area contributed by atoms with Crippen LogP contribution in [-0.4, -0.2) is 34.5 Å². The summed E-state index contributed by atoms with van der Waals surface area (Å²) in [5.74, 6) is 0.341. The molecule has 1 amide bonds. The molecule has 2 unspecified atom stereocenters. The maximum Gasteiger partial charge on any atom is 0.219 e. The summed E-state index contributed by atoms with van der Waals surface area (Å²) in [7, 11) is 2.05. The van der Waals surface area contributed by atoms with Gasteiger partial charge in [0, 0.05) is 56.1 Å². The second kappa shape index (κ2) is 4.38. The van der Waals surface area contributed by atoms with Gasteiger partial charge in [-0.15, -0.1) is 0 Å². The van der Waals surface area contributed by atoms with Gasteiger partial charge < -0.3 is 15.2 Å². The van der Waals surface area contributed by atoms with Crippen LogP contribution >= 0.6 is 0 Å². The Balaban J connectivity index is 2.03. The molecule has 1 fully saturated rings. The first kappa shape index (κ1) is 12.2. The Morgan fingerprint density at radius 1 is 1.32 bits per heavy atom. The number of carbonyl (C=O) groups is 1. The van der Waals surface area contributed by atoms with Gasteiger partial charge in [-0.2, -0.15) is 0 Å². The lowest BCUT2D eigenvalue weighted by atomic mass is 9.94. The normalized spacial score (nSPS) is 23.2. The van der Waals surface area contributed by atoms with Gasteiger partial charge in [0.05, 0.1) is 0 Å². The van der Waals surface area contributed by atoms with E-state index in [0.29, 0.717) is 6.54 Å². The molecule has 1 saturated heterocycles. The van der Waals surface area contributed by atoms with Gasteiger partial charge in [-0.25, -0.2) is 0 Å². The minimum atomic E-state index is 0.0229. The number of fused-ring (bicyclic) bond motifs is 1. The number of amides is 1. The van der Waals surface area contributed by atoms with Crippen LogP contribution in [0.3, 0.4) is 0 Å². The highest BCUT2D eigenvalue weighted by Gasteiger charge is 2.34. The number of aromatic nitrogens is 1. The lowest BCUT2D eigenvalue weighted by molar-refractivity contribution is -0.127. The smallest absolute Gasteiger partial charge is 0.219 e. The molecule has 2 heterocycles. The molecule has 1 aliphatic heterocycles. The number of rotatable bonds is 1. The summed E-state index contributed by atoms with van der Waals surface area (Å²) >= 11 is 0. The number of hydrogen-bond donors (Lipinski definition) is 1. The van der Waals surface area contributed by atoms with Crippen LogP contribution in [0.1, 0.15) is 18.4 Å². The minimum Gasteiger partial charge on any atom is -0.350 e. The van der Waals surface area contributed by atoms with Crippen LogP contribution in [0.5, 0.6) is 0 Å². The number of para-hydroxylation sites is 1. The van der Waals surface area contributed by atoms with Gasteiger partial charge in [0.25, 0.3) is 0 Å². The fourth-order valence-electron chi connectivity index (χ4n) is 3.08. The van der Waals surface area contributed by atoms with Crippen LogP contribution in [0, 0.1) is 0 Å². The first-order chi connectivity index (χ1) is 9.08. The zero-order valence-electron chi connectivity index (χ0n) is 11.3. The van der Waals surface area contributed by atoms with Crippen molar-refractivity contribution in [1.82, 2.24) is 9.47 Å². The first-order valence-corrected chi connectivity index (χ1v) is 6.63. The molecule has 4 nitrogen and oxygen atoms in total. The molecule has 1 aliphatic rings. The number of nitrogens with zero attached hydrogens (tertiary/aromatic N) is 2. The Bertz CT molecular complexity index is 631. The van der Waals surface area contributed by atoms with Crippen LogP contribution in [0.25, 0.3) is 10.9 Å². The number of aryl methyl sites for hydroxylation is 1. The van der Waals surface area contributed by atoms with Crippen LogP contribution in [-0.2, 0) is 11.8 Å². The van der Waals surface area contributed by atoms with Crippen molar-refractivity contribution in [1.29, 1.82) is 0 Å². The van der Waals surface area contributed by atoms with Crippen molar-refractivity contribution in [2.75, 3.05) is 13.1 Å². The SMILES string of the molecule is CC(=O)N1CC(N)C(c2cn(C)c3ccccc23)C1. The molecule has 2 atom stereocenters. The standard InChI is InChI=1S/C15H19N3O/c1-10(19)18-8-13(14(16)9-18)12-7-17(2)15-6-4-3-5-11(12)15/h3-7,13-14H,8-9,16H2,1-2H3. The van der Waals surface area contributed by atoms with Crippen LogP contribution in [0.4, 0.5) is 0 Å². The molecule has 100 valence electrons. The summed E-state index contributed by atoms with van der Waals surface area (Å²) in [5, 5.41) is 1.25. The average Bonchev–Trinajstić information content (AvgIpc) is 2.92. The van der Waals surface area contributed by atoms with E-state index in [1.807, 2.05) is 11.0 Å². The molecule has 1 aromatic heterocycles. The maximum atomic E-state index is 11.5. The summed E-state index contributed by atoms with van der Waals surface area (Å²) in [4.78, 5) is 13.3. The van der Waals surface area contributed by atoms with Crippen molar-refractivity contribution < 1.29 is 4.79 Å². The van der Waals surface area contributed by atoms with Crippen molar-refractivity contribution in [3.63, 3.8) is 0 Å². The summed E-state index contributed by atoms with van der Waals surface area (Å²) in [5.41, 5.74) is 8.71. The Morgan fingerprint density at radius 2 is 2.05 bits per heavy atom. The molecule has 0 bridgehead atoms. The zero-order chi connectivity index (χ0) is 13.6. The van der Waals surface area contributed by atoms with Crippen LogP contribution in [0.2, 0.25) is 0 Å². The van der Waals surface area contributed by atoms with E-state index in [-0.39, 0.29) is 17.9 Å². The topological polar surface area (TPSA) is 51.3 Å². The third-order valence-corrected chi connectivity index (χ3v) is 4.14. The van der Waals surface area contributed by atoms with Gasteiger partial charge >= 0.3 is 0 Å². The summed E-state index contributed by atoms with van der Waals surface area (Å²) in [6, 6.07) is 8.36. The van der Waals surface area contributed by atoms with Crippen molar-refractivity contribution in [3.8, 4) is 0 Å². The Labute approximate surface area is 112 Å². The van der Waals surface area contributed by atoms with Gasteiger partial charge in [0.1, 0.15) is 0 Å². The van der Waals surface area contributed by atoms with E-state index >= 15 is 0 Å². The van der Waals surface area contributed by atoms with E-state index in [0.717, 1.165) is 6.54 Å². The molecule has 3 rings (SSSR count). The van der Waals surface area contributed by atoms with E-state index in [1.54, 1.807) is 6.92 Å². The van der Waals surface area contributed by atoms with Gasteiger partial charge in [-0.1, -0.05) is 18.2 Å². The van der Waals surface area contributed by atoms with E-state index in [1.165, 1.54) is 16.5 Å². The highest BCUT2D eigenvalue weighted by Crippen LogP contribution is 2.32. The number of nitrogens with two attached hydrogens (primary N) is 1. The third-order valence-electron chi connectivity index (χ3n) is 4.14. The molecule has 0 spiro atoms. The molecule has 0 saturated carbocycles. The largest absolute Gasteiger partial charge is 0.350 e. The fraction of sp³-hybridized carbons (Fsp3) is 0.400. The molecule has 0 aliphatic carbocycles.